The van der Waals surface area contributed by atoms with Gasteiger partial charge in [-0.15, -0.1) is 9.56 Å². The van der Waals surface area contributed by atoms with Gasteiger partial charge in [0.2, 0.25) is 12.0 Å². The van der Waals surface area contributed by atoms with Crippen LogP contribution in [0.1, 0.15) is 38.4 Å². The third kappa shape index (κ3) is 7.89. The predicted molar refractivity (Wildman–Crippen MR) is 152 cm³/mol. The molecule has 1 aromatic carbocycles. The van der Waals surface area contributed by atoms with E-state index in [9.17, 15) is 24.4 Å². The van der Waals surface area contributed by atoms with Gasteiger partial charge in [0.05, 0.1) is 30.8 Å². The Bertz CT molecular complexity index is 1540. The van der Waals surface area contributed by atoms with Gasteiger partial charge in [-0.1, -0.05) is 18.2 Å². The van der Waals surface area contributed by atoms with Crippen molar-refractivity contribution in [3.8, 4) is 5.75 Å². The molecule has 0 radical (unpaired) electrons. The molecular weight excluding hydrogens is 619 g/mol. The van der Waals surface area contributed by atoms with Crippen LogP contribution in [-0.4, -0.2) is 81.5 Å². The maximum atomic E-state index is 13.9. The summed E-state index contributed by atoms with van der Waals surface area (Å²) in [6, 6.07) is 8.13. The van der Waals surface area contributed by atoms with Gasteiger partial charge in [0, 0.05) is 13.0 Å². The average Bonchev–Trinajstić information content (AvgIpc) is 3.59. The van der Waals surface area contributed by atoms with E-state index >= 15 is 0 Å². The van der Waals surface area contributed by atoms with E-state index in [1.165, 1.54) is 25.3 Å². The summed E-state index contributed by atoms with van der Waals surface area (Å²) in [5.41, 5.74) is 4.89. The number of hydrogen-bond acceptors (Lipinski definition) is 15. The Hall–Kier alpha value is -3.38. The summed E-state index contributed by atoms with van der Waals surface area (Å²) in [4.78, 5) is 40.0. The molecule has 0 aliphatic carbocycles. The fraction of sp³-hybridized carbons (Fsp3) is 0.519. The number of nitrogens with zero attached hydrogens (tertiary/aromatic N) is 3. The first kappa shape index (κ1) is 33.0. The van der Waals surface area contributed by atoms with Crippen molar-refractivity contribution in [2.45, 2.75) is 76.3 Å². The van der Waals surface area contributed by atoms with Crippen LogP contribution in [-0.2, 0) is 39.5 Å². The van der Waals surface area contributed by atoms with Gasteiger partial charge in [0.1, 0.15) is 24.2 Å². The smallest absolute Gasteiger partial charge is 0.440 e. The summed E-state index contributed by atoms with van der Waals surface area (Å²) in [5, 5.41) is 21.9. The Labute approximate surface area is 256 Å². The predicted octanol–water partition coefficient (Wildman–Crippen LogP) is 1.20. The van der Waals surface area contributed by atoms with Crippen molar-refractivity contribution in [1.82, 2.24) is 14.5 Å². The minimum Gasteiger partial charge on any atom is -0.440 e. The van der Waals surface area contributed by atoms with Crippen LogP contribution in [0.4, 0.5) is 0 Å². The molecule has 1 amide bonds. The molecule has 246 valence electrons. The van der Waals surface area contributed by atoms with E-state index in [0.717, 1.165) is 31.1 Å². The second-order valence-electron chi connectivity index (χ2n) is 10.3. The highest BCUT2D eigenvalue weighted by Crippen LogP contribution is 2.53. The first-order valence-corrected chi connectivity index (χ1v) is 15.7. The molecule has 0 bridgehead atoms. The number of fused-ring (bicyclic) bond motifs is 1. The van der Waals surface area contributed by atoms with E-state index in [0.29, 0.717) is 17.8 Å². The second-order valence-corrected chi connectivity index (χ2v) is 12.0. The second kappa shape index (κ2) is 14.4. The number of rotatable bonds is 13. The summed E-state index contributed by atoms with van der Waals surface area (Å²) < 4.78 is 48.0. The lowest BCUT2D eigenvalue weighted by atomic mass is 10.2. The number of hydroxylamine groups is 1. The van der Waals surface area contributed by atoms with Gasteiger partial charge < -0.3 is 43.9 Å². The van der Waals surface area contributed by atoms with Gasteiger partial charge in [-0.25, -0.2) is 13.9 Å². The fourth-order valence-corrected chi connectivity index (χ4v) is 6.22. The molecule has 4 heterocycles. The molecule has 3 aromatic rings. The molecule has 4 N–H and O–H groups in total. The normalized spacial score (nSPS) is 24.6. The van der Waals surface area contributed by atoms with Crippen molar-refractivity contribution in [1.29, 1.82) is 0 Å². The molecule has 2 aliphatic heterocycles. The van der Waals surface area contributed by atoms with Crippen LogP contribution >= 0.6 is 7.75 Å². The number of ether oxygens (including phenoxy) is 3. The number of hydrogen-bond donors (Lipinski definition) is 3. The van der Waals surface area contributed by atoms with Crippen molar-refractivity contribution in [2.75, 3.05) is 13.7 Å². The monoisotopic (exact) mass is 654 g/mol. The highest BCUT2D eigenvalue weighted by atomic mass is 31.2. The maximum absolute atomic E-state index is 13.9. The molecule has 2 saturated heterocycles. The SMILES string of the molecule is CON(C(=O)[C@H](C)N)P(=O)(Oc1ccccc1)OC(O)[C@H]1O[C@@H](On2cc3cc(COC4CCCCO4)oc3nc2=O)C[C@@H]1O. The number of carbonyl (C=O) groups is 1. The first-order valence-electron chi connectivity index (χ1n) is 14.2. The van der Waals surface area contributed by atoms with Gasteiger partial charge in [-0.3, -0.25) is 9.63 Å². The Morgan fingerprint density at radius 3 is 2.73 bits per heavy atom. The molecule has 2 fully saturated rings. The van der Waals surface area contributed by atoms with E-state index in [-0.39, 0.29) is 35.6 Å². The van der Waals surface area contributed by atoms with Gasteiger partial charge >= 0.3 is 13.4 Å². The number of amides is 1. The Balaban J connectivity index is 1.26. The lowest BCUT2D eigenvalue weighted by Crippen LogP contribution is -2.43. The average molecular weight is 655 g/mol. The van der Waals surface area contributed by atoms with Gasteiger partial charge in [0.15, 0.2) is 12.6 Å². The Morgan fingerprint density at radius 1 is 1.27 bits per heavy atom. The quantitative estimate of drug-likeness (QED) is 0.134. The minimum absolute atomic E-state index is 0.0141. The molecule has 5 rings (SSSR count). The maximum Gasteiger partial charge on any atom is 0.517 e. The van der Waals surface area contributed by atoms with Crippen LogP contribution in [0, 0.1) is 0 Å². The molecule has 0 saturated carbocycles. The van der Waals surface area contributed by atoms with Crippen LogP contribution in [0.3, 0.4) is 0 Å². The number of aromatic nitrogens is 2. The van der Waals surface area contributed by atoms with Crippen molar-refractivity contribution in [3.05, 3.63) is 58.8 Å². The number of aliphatic hydroxyl groups is 2. The number of aliphatic hydroxyl groups excluding tert-OH is 2. The van der Waals surface area contributed by atoms with E-state index in [1.807, 2.05) is 0 Å². The summed E-state index contributed by atoms with van der Waals surface area (Å²) in [5.74, 6) is -0.539. The van der Waals surface area contributed by atoms with Gasteiger partial charge in [-0.2, -0.15) is 4.98 Å². The van der Waals surface area contributed by atoms with Gasteiger partial charge in [0.25, 0.3) is 5.91 Å². The van der Waals surface area contributed by atoms with E-state index < -0.39 is 50.2 Å². The lowest BCUT2D eigenvalue weighted by Gasteiger charge is -2.31. The van der Waals surface area contributed by atoms with Gasteiger partial charge in [-0.05, 0) is 44.4 Å². The Morgan fingerprint density at radius 2 is 2.04 bits per heavy atom. The summed E-state index contributed by atoms with van der Waals surface area (Å²) >= 11 is 0. The lowest BCUT2D eigenvalue weighted by molar-refractivity contribution is -0.203. The van der Waals surface area contributed by atoms with Crippen LogP contribution in [0.5, 0.6) is 5.75 Å². The Kier molecular flexibility index (Phi) is 10.5. The topological polar surface area (TPSA) is 216 Å². The largest absolute Gasteiger partial charge is 0.517 e. The molecule has 2 aromatic heterocycles. The van der Waals surface area contributed by atoms with Crippen LogP contribution in [0.15, 0.2) is 51.8 Å². The minimum atomic E-state index is -4.83. The van der Waals surface area contributed by atoms with Crippen molar-refractivity contribution in [2.24, 2.45) is 5.73 Å². The highest BCUT2D eigenvalue weighted by Gasteiger charge is 2.49. The molecule has 7 atom stereocenters. The first-order chi connectivity index (χ1) is 21.6. The number of nitrogens with two attached hydrogens (primary N) is 1. The highest BCUT2D eigenvalue weighted by molar-refractivity contribution is 7.52. The zero-order valence-electron chi connectivity index (χ0n) is 24.5. The standard InChI is InChI=1S/C27H35N4O13P/c1-16(28)25(33)31(37-2)45(36,43-18-8-4-3-5-9-18)44-26(34)23-20(32)13-22(41-23)42-30-14-17-12-19(40-24(17)29-27(30)35)15-39-21-10-6-7-11-38-21/h3-5,8-9,12,14,16,20-23,26,32,34H,6-7,10-11,13,15,28H2,1-2H3/t16-,20-,21?,22-,23-,26?,45?/m0/s1. The third-order valence-electron chi connectivity index (χ3n) is 6.80. The van der Waals surface area contributed by atoms with Crippen molar-refractivity contribution in [3.63, 3.8) is 0 Å². The van der Waals surface area contributed by atoms with E-state index in [4.69, 9.17) is 43.1 Å². The third-order valence-corrected chi connectivity index (χ3v) is 8.52. The van der Waals surface area contributed by atoms with Crippen LogP contribution < -0.4 is 20.8 Å². The molecule has 2 aliphatic rings. The summed E-state index contributed by atoms with van der Waals surface area (Å²) in [6.45, 7) is 2.06. The fourth-order valence-electron chi connectivity index (χ4n) is 4.61. The summed E-state index contributed by atoms with van der Waals surface area (Å²) in [7, 11) is -3.79. The van der Waals surface area contributed by atoms with Crippen molar-refractivity contribution >= 4 is 24.8 Å². The van der Waals surface area contributed by atoms with E-state index in [1.54, 1.807) is 24.3 Å². The number of benzene rings is 1. The molecule has 45 heavy (non-hydrogen) atoms. The molecule has 0 spiro atoms. The number of carbonyl (C=O) groups excluding carboxylic acids is 1. The zero-order valence-corrected chi connectivity index (χ0v) is 25.4. The molecule has 18 heteroatoms. The molecule has 17 nitrogen and oxygen atoms in total. The number of furan rings is 1. The van der Waals surface area contributed by atoms with Crippen LogP contribution in [0.2, 0.25) is 0 Å². The zero-order chi connectivity index (χ0) is 32.1. The van der Waals surface area contributed by atoms with Crippen LogP contribution in [0.25, 0.3) is 11.1 Å². The van der Waals surface area contributed by atoms with Crippen molar-refractivity contribution < 1.29 is 56.9 Å². The number of para-hydroxylation sites is 1. The van der Waals surface area contributed by atoms with E-state index in [2.05, 4.69) is 4.98 Å². The summed E-state index contributed by atoms with van der Waals surface area (Å²) in [6.07, 6.45) is -2.88. The molecule has 3 unspecified atom stereocenters. The molecular formula is C27H35N4O13P.